The molecule has 0 amide bonds. The first-order valence-corrected chi connectivity index (χ1v) is 17.5. The van der Waals surface area contributed by atoms with E-state index in [0.29, 0.717) is 0 Å². The fraction of sp³-hybridized carbons (Fsp3) is 0.442. The minimum atomic E-state index is -0.226. The van der Waals surface area contributed by atoms with Crippen LogP contribution >= 0.6 is 0 Å². The predicted molar refractivity (Wildman–Crippen MR) is 197 cm³/mol. The maximum absolute atomic E-state index is 11.7. The van der Waals surface area contributed by atoms with Gasteiger partial charge in [0.2, 0.25) is 0 Å². The van der Waals surface area contributed by atoms with E-state index in [9.17, 15) is 9.90 Å². The van der Waals surface area contributed by atoms with Gasteiger partial charge in [-0.15, -0.1) is 23.3 Å². The summed E-state index contributed by atoms with van der Waals surface area (Å²) in [6.07, 6.45) is 7.82. The number of pyridine rings is 1. The van der Waals surface area contributed by atoms with Crippen molar-refractivity contribution in [2.75, 3.05) is 0 Å². The van der Waals surface area contributed by atoms with Crippen LogP contribution in [0, 0.1) is 30.2 Å². The Bertz CT molecular complexity index is 1970. The summed E-state index contributed by atoms with van der Waals surface area (Å²) in [6.45, 7) is 21.7. The number of aliphatic hydroxyl groups excluding tert-OH is 1. The molecule has 0 saturated heterocycles. The maximum Gasteiger partial charge on any atom is 0.162 e. The molecule has 2 heterocycles. The van der Waals surface area contributed by atoms with Gasteiger partial charge in [-0.05, 0) is 61.0 Å². The number of aromatic nitrogens is 1. The summed E-state index contributed by atoms with van der Waals surface area (Å²) in [4.78, 5) is 16.7. The summed E-state index contributed by atoms with van der Waals surface area (Å²) in [5.74, 6) is 0.547. The summed E-state index contributed by atoms with van der Waals surface area (Å²) < 4.78 is 6.66. The minimum Gasteiger partial charge on any atom is -0.512 e. The Morgan fingerprint density at radius 3 is 2.23 bits per heavy atom. The molecule has 1 N–H and O–H groups in total. The van der Waals surface area contributed by atoms with Gasteiger partial charge in [-0.25, -0.2) is 0 Å². The molecule has 0 fully saturated rings. The molecule has 48 heavy (non-hydrogen) atoms. The summed E-state index contributed by atoms with van der Waals surface area (Å²) in [5.41, 5.74) is 8.97. The van der Waals surface area contributed by atoms with Gasteiger partial charge in [0.1, 0.15) is 11.2 Å². The van der Waals surface area contributed by atoms with Crippen molar-refractivity contribution in [1.82, 2.24) is 4.98 Å². The molecule has 0 unspecified atom stereocenters. The molecule has 3 aromatic carbocycles. The van der Waals surface area contributed by atoms with Crippen LogP contribution in [0.3, 0.4) is 0 Å². The number of fused-ring (bicyclic) bond motifs is 4. The first kappa shape index (κ1) is 37.5. The molecule has 2 aromatic heterocycles. The number of furan rings is 1. The van der Waals surface area contributed by atoms with Crippen molar-refractivity contribution in [3.05, 3.63) is 88.8 Å². The van der Waals surface area contributed by atoms with Crippen LogP contribution in [-0.4, -0.2) is 15.9 Å². The molecular formula is C43H52IrNO3-. The topological polar surface area (TPSA) is 63.3 Å². The van der Waals surface area contributed by atoms with Crippen LogP contribution in [0.1, 0.15) is 110 Å². The Morgan fingerprint density at radius 2 is 1.60 bits per heavy atom. The van der Waals surface area contributed by atoms with Crippen LogP contribution in [0.15, 0.2) is 64.9 Å². The van der Waals surface area contributed by atoms with E-state index in [-0.39, 0.29) is 54.3 Å². The van der Waals surface area contributed by atoms with Crippen LogP contribution in [0.25, 0.3) is 44.0 Å². The number of hydrogen-bond donors (Lipinski definition) is 1. The van der Waals surface area contributed by atoms with Crippen molar-refractivity contribution < 1.29 is 34.4 Å². The third-order valence-corrected chi connectivity index (χ3v) is 10.1. The number of allylic oxidation sites excluding steroid dienone is 2. The number of carbonyl (C=O) groups is 1. The van der Waals surface area contributed by atoms with E-state index in [1.807, 2.05) is 33.9 Å². The number of aryl methyl sites for hydroxylation is 1. The van der Waals surface area contributed by atoms with Crippen molar-refractivity contribution in [3.8, 4) is 11.3 Å². The standard InChI is InChI=1S/C30H28NO.C13H24O2.Ir/c1-17-16-31-26-21-13-11-18-9-7-8-10-20(18)25(21)30(5,6)22-14-12-19(15-29(2,3)4)28-23(22)24(26)27(17)32-28;1-5-10(6-2)12(14)9-13(15)11(7-3)8-4;/h7-12,14,16H,15H2,1-6H3;9-11,14H,5-8H2,1-4H3;/q-1;;/b;12-9-;. The van der Waals surface area contributed by atoms with Crippen LogP contribution < -0.4 is 0 Å². The van der Waals surface area contributed by atoms with Crippen LogP contribution in [0.2, 0.25) is 0 Å². The van der Waals surface area contributed by atoms with Gasteiger partial charge in [0.25, 0.3) is 0 Å². The summed E-state index contributed by atoms with van der Waals surface area (Å²) >= 11 is 0. The second-order valence-electron chi connectivity index (χ2n) is 15.1. The fourth-order valence-electron chi connectivity index (χ4n) is 7.42. The second-order valence-corrected chi connectivity index (χ2v) is 15.1. The average Bonchev–Trinajstić information content (AvgIpc) is 3.40. The Balaban J connectivity index is 0.000000279. The summed E-state index contributed by atoms with van der Waals surface area (Å²) in [6, 6.07) is 19.0. The molecule has 1 aliphatic rings. The van der Waals surface area contributed by atoms with E-state index in [0.717, 1.165) is 65.5 Å². The molecule has 0 saturated carbocycles. The first-order valence-electron chi connectivity index (χ1n) is 17.5. The Hall–Kier alpha value is -3.27. The van der Waals surface area contributed by atoms with Crippen LogP contribution in [-0.2, 0) is 36.7 Å². The van der Waals surface area contributed by atoms with Crippen molar-refractivity contribution in [1.29, 1.82) is 0 Å². The Labute approximate surface area is 300 Å². The van der Waals surface area contributed by atoms with Gasteiger partial charge in [0, 0.05) is 66.2 Å². The van der Waals surface area contributed by atoms with Crippen LogP contribution in [0.4, 0.5) is 0 Å². The van der Waals surface area contributed by atoms with Crippen molar-refractivity contribution in [2.24, 2.45) is 17.3 Å². The number of benzene rings is 3. The van der Waals surface area contributed by atoms with E-state index in [2.05, 4.69) is 90.1 Å². The van der Waals surface area contributed by atoms with Crippen molar-refractivity contribution in [2.45, 2.75) is 107 Å². The van der Waals surface area contributed by atoms with E-state index in [1.54, 1.807) is 0 Å². The van der Waals surface area contributed by atoms with Gasteiger partial charge in [-0.1, -0.05) is 109 Å². The van der Waals surface area contributed by atoms with Gasteiger partial charge in [-0.2, -0.15) is 0 Å². The minimum absolute atomic E-state index is 0. The molecule has 5 heteroatoms. The van der Waals surface area contributed by atoms with Gasteiger partial charge in [-0.3, -0.25) is 4.79 Å². The molecule has 0 aliphatic heterocycles. The number of nitrogens with zero attached hydrogens (tertiary/aromatic N) is 1. The van der Waals surface area contributed by atoms with Gasteiger partial charge in [0.05, 0.1) is 5.76 Å². The molecule has 0 atom stereocenters. The normalized spacial score (nSPS) is 13.9. The van der Waals surface area contributed by atoms with Crippen LogP contribution in [0.5, 0.6) is 0 Å². The third-order valence-electron chi connectivity index (χ3n) is 10.1. The maximum atomic E-state index is 11.7. The zero-order valence-electron chi connectivity index (χ0n) is 30.4. The molecule has 4 nitrogen and oxygen atoms in total. The van der Waals surface area contributed by atoms with Crippen molar-refractivity contribution in [3.63, 3.8) is 0 Å². The number of hydrogen-bond acceptors (Lipinski definition) is 4. The number of ketones is 1. The molecule has 0 bridgehead atoms. The number of rotatable bonds is 8. The Morgan fingerprint density at radius 1 is 0.958 bits per heavy atom. The Kier molecular flexibility index (Phi) is 11.5. The molecular weight excluding hydrogens is 771 g/mol. The second kappa shape index (κ2) is 14.7. The van der Waals surface area contributed by atoms with Gasteiger partial charge >= 0.3 is 0 Å². The smallest absolute Gasteiger partial charge is 0.162 e. The number of carbonyl (C=O) groups excluding carboxylic acids is 1. The van der Waals surface area contributed by atoms with E-state index >= 15 is 0 Å². The largest absolute Gasteiger partial charge is 0.512 e. The molecule has 257 valence electrons. The number of aliphatic hydroxyl groups is 1. The molecule has 0 spiro atoms. The third kappa shape index (κ3) is 6.92. The van der Waals surface area contributed by atoms with E-state index in [4.69, 9.17) is 9.40 Å². The zero-order valence-corrected chi connectivity index (χ0v) is 32.8. The van der Waals surface area contributed by atoms with E-state index in [1.165, 1.54) is 38.9 Å². The quantitative estimate of drug-likeness (QED) is 0.0962. The monoisotopic (exact) mass is 823 g/mol. The summed E-state index contributed by atoms with van der Waals surface area (Å²) in [7, 11) is 0. The fourth-order valence-corrected chi connectivity index (χ4v) is 7.42. The van der Waals surface area contributed by atoms with Gasteiger partial charge < -0.3 is 14.5 Å². The van der Waals surface area contributed by atoms with E-state index < -0.39 is 0 Å². The predicted octanol–water partition coefficient (Wildman–Crippen LogP) is 12.0. The van der Waals surface area contributed by atoms with Crippen molar-refractivity contribution >= 4 is 38.5 Å². The molecule has 5 aromatic rings. The zero-order chi connectivity index (χ0) is 34.3. The molecule has 1 aliphatic carbocycles. The SMILES string of the molecule is CCC(CC)C(=O)/C=C(\O)C(CC)CC.Cc1cnc2c3c1oc1c(CC(C)(C)C)ccc(c13)C(C)(C)c1c-2[c-]cc2ccccc12.[Ir]. The summed E-state index contributed by atoms with van der Waals surface area (Å²) in [5, 5.41) is 14.6. The molecule has 1 radical (unpaired) electrons. The van der Waals surface area contributed by atoms with Gasteiger partial charge in [0.15, 0.2) is 5.78 Å². The molecule has 6 rings (SSSR count). The average molecular weight is 823 g/mol. The first-order chi connectivity index (χ1) is 22.3.